The highest BCUT2D eigenvalue weighted by molar-refractivity contribution is 5.73. The fourth-order valence-corrected chi connectivity index (χ4v) is 3.61. The summed E-state index contributed by atoms with van der Waals surface area (Å²) < 4.78 is 72.1. The molecule has 14 heteroatoms. The minimum absolute atomic E-state index is 0.247. The third-order valence-electron chi connectivity index (χ3n) is 5.63. The minimum atomic E-state index is -5.08. The first-order valence-corrected chi connectivity index (χ1v) is 11.2. The molecule has 4 rings (SSSR count). The van der Waals surface area contributed by atoms with Gasteiger partial charge in [0.2, 0.25) is 0 Å². The molecule has 0 amide bonds. The molecule has 1 atom stereocenters. The molecule has 1 aliphatic carbocycles. The summed E-state index contributed by atoms with van der Waals surface area (Å²) in [6, 6.07) is 8.47. The second kappa shape index (κ2) is 13.4. The Morgan fingerprint density at radius 2 is 1.54 bits per heavy atom. The summed E-state index contributed by atoms with van der Waals surface area (Å²) >= 11 is 0. The molecule has 0 aromatic carbocycles. The van der Waals surface area contributed by atoms with Gasteiger partial charge in [0.15, 0.2) is 0 Å². The van der Waals surface area contributed by atoms with Gasteiger partial charge in [0.25, 0.3) is 0 Å². The highest BCUT2D eigenvalue weighted by atomic mass is 19.4. The zero-order valence-corrected chi connectivity index (χ0v) is 19.6. The van der Waals surface area contributed by atoms with Crippen LogP contribution in [-0.2, 0) is 34.0 Å². The summed E-state index contributed by atoms with van der Waals surface area (Å²) in [5.74, 6) is -4.61. The number of fused-ring (bicyclic) bond motifs is 1. The maximum atomic E-state index is 10.6. The van der Waals surface area contributed by atoms with Crippen LogP contribution in [0.15, 0.2) is 42.9 Å². The van der Waals surface area contributed by atoms with Crippen molar-refractivity contribution < 1.29 is 50.9 Å². The number of carboxylic acids is 2. The molecule has 37 heavy (non-hydrogen) atoms. The van der Waals surface area contributed by atoms with Gasteiger partial charge in [0, 0.05) is 50.5 Å². The number of alkyl halides is 6. The van der Waals surface area contributed by atoms with Gasteiger partial charge in [-0.05, 0) is 48.6 Å². The van der Waals surface area contributed by atoms with Crippen molar-refractivity contribution in [2.45, 2.75) is 57.4 Å². The monoisotopic (exact) mass is 539 g/mol. The van der Waals surface area contributed by atoms with E-state index < -0.39 is 24.3 Å². The van der Waals surface area contributed by atoms with Gasteiger partial charge in [-0.2, -0.15) is 26.3 Å². The molecule has 1 fully saturated rings. The van der Waals surface area contributed by atoms with E-state index in [1.54, 1.807) is 0 Å². The first-order valence-electron chi connectivity index (χ1n) is 11.2. The largest absolute Gasteiger partial charge is 0.490 e. The number of nitrogens with zero attached hydrogens (tertiary/aromatic N) is 3. The molecule has 0 saturated heterocycles. The number of pyridine rings is 1. The highest BCUT2D eigenvalue weighted by Crippen LogP contribution is 2.28. The molecule has 1 unspecified atom stereocenters. The first-order chi connectivity index (χ1) is 17.3. The number of rotatable bonds is 5. The maximum Gasteiger partial charge on any atom is 0.490 e. The summed E-state index contributed by atoms with van der Waals surface area (Å²) in [7, 11) is 0. The van der Waals surface area contributed by atoms with Gasteiger partial charge in [0.1, 0.15) is 0 Å². The molecular weight excluding hydrogens is 512 g/mol. The number of halogens is 6. The molecule has 2 aromatic rings. The van der Waals surface area contributed by atoms with Crippen molar-refractivity contribution in [3.8, 4) is 0 Å². The van der Waals surface area contributed by atoms with E-state index in [9.17, 15) is 26.3 Å². The number of carbonyl (C=O) groups is 2. The Morgan fingerprint density at radius 1 is 0.973 bits per heavy atom. The first kappa shape index (κ1) is 30.1. The van der Waals surface area contributed by atoms with Crippen molar-refractivity contribution in [1.29, 1.82) is 0 Å². The van der Waals surface area contributed by atoms with Gasteiger partial charge in [-0.1, -0.05) is 6.42 Å². The van der Waals surface area contributed by atoms with Gasteiger partial charge >= 0.3 is 24.3 Å². The lowest BCUT2D eigenvalue weighted by Crippen LogP contribution is -2.37. The predicted molar refractivity (Wildman–Crippen MR) is 117 cm³/mol. The van der Waals surface area contributed by atoms with Crippen molar-refractivity contribution in [2.24, 2.45) is 5.92 Å². The minimum Gasteiger partial charge on any atom is -0.475 e. The average molecular weight is 539 g/mol. The molecule has 2 aliphatic rings. The lowest BCUT2D eigenvalue weighted by molar-refractivity contribution is -0.193. The molecule has 0 spiro atoms. The SMILES string of the molecule is O=C(O)C(F)(F)F.O=C(O)C(F)(F)F.c1cc2n(c1)CC(OCc1ccncc1)CN(CC1CCC1)C2. The van der Waals surface area contributed by atoms with Gasteiger partial charge in [-0.25, -0.2) is 9.59 Å². The molecule has 0 bridgehead atoms. The number of hydrogen-bond donors (Lipinski definition) is 2. The molecule has 206 valence electrons. The summed E-state index contributed by atoms with van der Waals surface area (Å²) in [5.41, 5.74) is 2.61. The highest BCUT2D eigenvalue weighted by Gasteiger charge is 2.38. The Labute approximate surface area is 208 Å². The standard InChI is InChI=1S/C19H25N3O.2C2HF3O2/c1-3-16(4-1)11-21-12-18-5-2-10-22(18)14-19(13-21)23-15-17-6-8-20-9-7-17;2*3-2(4,5)1(6)7/h2,5-10,16,19H,1,3-4,11-15H2;2*(H,6,7). The van der Waals surface area contributed by atoms with Crippen LogP contribution in [0.1, 0.15) is 30.5 Å². The van der Waals surface area contributed by atoms with E-state index in [4.69, 9.17) is 24.5 Å². The van der Waals surface area contributed by atoms with Gasteiger partial charge < -0.3 is 19.5 Å². The summed E-state index contributed by atoms with van der Waals surface area (Å²) in [6.45, 7) is 4.93. The molecule has 0 radical (unpaired) electrons. The van der Waals surface area contributed by atoms with Crippen molar-refractivity contribution in [3.63, 3.8) is 0 Å². The van der Waals surface area contributed by atoms with Crippen molar-refractivity contribution >= 4 is 11.9 Å². The lowest BCUT2D eigenvalue weighted by atomic mass is 9.85. The number of aliphatic carboxylic acids is 2. The van der Waals surface area contributed by atoms with E-state index in [1.807, 2.05) is 24.5 Å². The summed E-state index contributed by atoms with van der Waals surface area (Å²) in [5, 5.41) is 14.2. The van der Waals surface area contributed by atoms with Crippen LogP contribution in [0.3, 0.4) is 0 Å². The topological polar surface area (TPSA) is 105 Å². The maximum absolute atomic E-state index is 10.6. The van der Waals surface area contributed by atoms with Gasteiger partial charge in [-0.3, -0.25) is 9.88 Å². The molecule has 2 aromatic heterocycles. The van der Waals surface area contributed by atoms with Crippen LogP contribution in [0.25, 0.3) is 0 Å². The fourth-order valence-electron chi connectivity index (χ4n) is 3.61. The Balaban J connectivity index is 0.000000286. The van der Waals surface area contributed by atoms with E-state index in [0.29, 0.717) is 6.61 Å². The van der Waals surface area contributed by atoms with Crippen LogP contribution in [0.5, 0.6) is 0 Å². The Bertz CT molecular complexity index is 969. The van der Waals surface area contributed by atoms with Crippen LogP contribution in [0.2, 0.25) is 0 Å². The third kappa shape index (κ3) is 10.8. The Kier molecular flexibility index (Phi) is 10.9. The fraction of sp³-hybridized carbons (Fsp3) is 0.522. The Morgan fingerprint density at radius 3 is 2.03 bits per heavy atom. The summed E-state index contributed by atoms with van der Waals surface area (Å²) in [6.07, 6.45) is 0.149. The molecular formula is C23H27F6N3O5. The smallest absolute Gasteiger partial charge is 0.475 e. The van der Waals surface area contributed by atoms with Crippen LogP contribution in [0.4, 0.5) is 26.3 Å². The average Bonchev–Trinajstić information content (AvgIpc) is 3.13. The number of carboxylic acid groups (broad SMARTS) is 2. The quantitative estimate of drug-likeness (QED) is 0.545. The second-order valence-corrected chi connectivity index (χ2v) is 8.54. The third-order valence-corrected chi connectivity index (χ3v) is 5.63. The zero-order valence-electron chi connectivity index (χ0n) is 19.6. The van der Waals surface area contributed by atoms with Gasteiger partial charge in [0.05, 0.1) is 12.7 Å². The number of aromatic nitrogens is 2. The zero-order chi connectivity index (χ0) is 27.6. The van der Waals surface area contributed by atoms with Gasteiger partial charge in [-0.15, -0.1) is 0 Å². The van der Waals surface area contributed by atoms with Crippen molar-refractivity contribution in [3.05, 3.63) is 54.1 Å². The van der Waals surface area contributed by atoms with Crippen molar-refractivity contribution in [1.82, 2.24) is 14.5 Å². The molecule has 3 heterocycles. The normalized spacial score (nSPS) is 18.2. The number of ether oxygens (including phenoxy) is 1. The number of hydrogen-bond acceptors (Lipinski definition) is 5. The van der Waals surface area contributed by atoms with Crippen molar-refractivity contribution in [2.75, 3.05) is 13.1 Å². The Hall–Kier alpha value is -3.13. The molecule has 2 N–H and O–H groups in total. The predicted octanol–water partition coefficient (Wildman–Crippen LogP) is 4.35. The molecule has 1 saturated carbocycles. The van der Waals surface area contributed by atoms with Crippen LogP contribution in [0, 0.1) is 5.92 Å². The van der Waals surface area contributed by atoms with E-state index in [0.717, 1.165) is 25.6 Å². The second-order valence-electron chi connectivity index (χ2n) is 8.54. The van der Waals surface area contributed by atoms with E-state index in [1.165, 1.54) is 37.1 Å². The van der Waals surface area contributed by atoms with E-state index in [2.05, 4.69) is 32.8 Å². The lowest BCUT2D eigenvalue weighted by Gasteiger charge is -2.32. The van der Waals surface area contributed by atoms with Crippen LogP contribution >= 0.6 is 0 Å². The van der Waals surface area contributed by atoms with E-state index >= 15 is 0 Å². The van der Waals surface area contributed by atoms with Crippen LogP contribution < -0.4 is 0 Å². The summed E-state index contributed by atoms with van der Waals surface area (Å²) in [4.78, 5) is 24.5. The van der Waals surface area contributed by atoms with E-state index in [-0.39, 0.29) is 6.10 Å². The molecule has 8 nitrogen and oxygen atoms in total. The molecule has 1 aliphatic heterocycles. The van der Waals surface area contributed by atoms with Crippen LogP contribution in [-0.4, -0.2) is 68.1 Å².